The molecular formula is C18H26N4OS. The van der Waals surface area contributed by atoms with Crippen molar-refractivity contribution in [3.8, 4) is 5.88 Å². The van der Waals surface area contributed by atoms with Crippen LogP contribution in [0.5, 0.6) is 5.88 Å². The Labute approximate surface area is 148 Å². The van der Waals surface area contributed by atoms with Crippen LogP contribution in [0.15, 0.2) is 29.9 Å². The Morgan fingerprint density at radius 2 is 2.29 bits per heavy atom. The minimum Gasteiger partial charge on any atom is -0.474 e. The molecule has 2 aromatic rings. The third-order valence-corrected chi connectivity index (χ3v) is 5.30. The van der Waals surface area contributed by atoms with Crippen molar-refractivity contribution in [2.75, 3.05) is 25.5 Å². The van der Waals surface area contributed by atoms with Gasteiger partial charge < -0.3 is 10.1 Å². The number of rotatable bonds is 6. The average Bonchev–Trinajstić information content (AvgIpc) is 3.06. The molecule has 2 aromatic heterocycles. The molecule has 1 aliphatic rings. The Kier molecular flexibility index (Phi) is 5.68. The molecule has 0 amide bonds. The average molecular weight is 346 g/mol. The summed E-state index contributed by atoms with van der Waals surface area (Å²) in [7, 11) is 2.23. The fourth-order valence-electron chi connectivity index (χ4n) is 3.35. The van der Waals surface area contributed by atoms with E-state index in [9.17, 15) is 0 Å². The van der Waals surface area contributed by atoms with Crippen molar-refractivity contribution in [2.24, 2.45) is 5.92 Å². The fourth-order valence-corrected chi connectivity index (χ4v) is 4.33. The first-order chi connectivity index (χ1) is 11.6. The largest absolute Gasteiger partial charge is 0.474 e. The summed E-state index contributed by atoms with van der Waals surface area (Å²) >= 11 is 1.85. The molecule has 1 fully saturated rings. The van der Waals surface area contributed by atoms with Gasteiger partial charge in [-0.05, 0) is 57.6 Å². The Morgan fingerprint density at radius 3 is 3.04 bits per heavy atom. The fraction of sp³-hybridized carbons (Fsp3) is 0.556. The van der Waals surface area contributed by atoms with E-state index in [2.05, 4.69) is 44.7 Å². The number of ether oxygens (including phenoxy) is 1. The first kappa shape index (κ1) is 17.2. The third-order valence-electron chi connectivity index (χ3n) is 4.36. The SMILES string of the molecule is CC(C)Oc1cncc(NCC2CCCN(C)C2c2cccs2)n1. The van der Waals surface area contributed by atoms with Crippen LogP contribution in [0.25, 0.3) is 0 Å². The second kappa shape index (κ2) is 7.94. The van der Waals surface area contributed by atoms with Crippen LogP contribution in [0.2, 0.25) is 0 Å². The zero-order chi connectivity index (χ0) is 16.9. The number of anilines is 1. The molecule has 24 heavy (non-hydrogen) atoms. The van der Waals surface area contributed by atoms with Crippen molar-refractivity contribution in [3.05, 3.63) is 34.8 Å². The summed E-state index contributed by atoms with van der Waals surface area (Å²) < 4.78 is 5.62. The molecule has 1 N–H and O–H groups in total. The van der Waals surface area contributed by atoms with Crippen LogP contribution < -0.4 is 10.1 Å². The van der Waals surface area contributed by atoms with Crippen LogP contribution in [0, 0.1) is 5.92 Å². The smallest absolute Gasteiger partial charge is 0.234 e. The van der Waals surface area contributed by atoms with Gasteiger partial charge in [0.25, 0.3) is 0 Å². The van der Waals surface area contributed by atoms with Crippen molar-refractivity contribution in [3.63, 3.8) is 0 Å². The van der Waals surface area contributed by atoms with Gasteiger partial charge in [-0.25, -0.2) is 0 Å². The van der Waals surface area contributed by atoms with Gasteiger partial charge in [0, 0.05) is 17.5 Å². The maximum atomic E-state index is 5.62. The van der Waals surface area contributed by atoms with Gasteiger partial charge in [0.05, 0.1) is 18.5 Å². The molecule has 0 aromatic carbocycles. The lowest BCUT2D eigenvalue weighted by atomic mass is 9.88. The van der Waals surface area contributed by atoms with Crippen LogP contribution in [0.1, 0.15) is 37.6 Å². The topological polar surface area (TPSA) is 50.3 Å². The zero-order valence-electron chi connectivity index (χ0n) is 14.6. The summed E-state index contributed by atoms with van der Waals surface area (Å²) in [6, 6.07) is 4.88. The summed E-state index contributed by atoms with van der Waals surface area (Å²) in [6.45, 7) is 6.04. The van der Waals surface area contributed by atoms with Crippen molar-refractivity contribution >= 4 is 17.2 Å². The highest BCUT2D eigenvalue weighted by Gasteiger charge is 2.31. The molecule has 1 aliphatic heterocycles. The second-order valence-electron chi connectivity index (χ2n) is 6.63. The van der Waals surface area contributed by atoms with E-state index < -0.39 is 0 Å². The van der Waals surface area contributed by atoms with E-state index in [1.54, 1.807) is 12.4 Å². The predicted octanol–water partition coefficient (Wildman–Crippen LogP) is 3.82. The van der Waals surface area contributed by atoms with E-state index in [4.69, 9.17) is 4.74 Å². The van der Waals surface area contributed by atoms with Crippen molar-refractivity contribution in [2.45, 2.75) is 38.8 Å². The number of nitrogens with zero attached hydrogens (tertiary/aromatic N) is 3. The maximum absolute atomic E-state index is 5.62. The Hall–Kier alpha value is -1.66. The molecule has 2 unspecified atom stereocenters. The summed E-state index contributed by atoms with van der Waals surface area (Å²) in [4.78, 5) is 12.7. The predicted molar refractivity (Wildman–Crippen MR) is 98.7 cm³/mol. The van der Waals surface area contributed by atoms with Crippen LogP contribution in [-0.4, -0.2) is 41.1 Å². The maximum Gasteiger partial charge on any atom is 0.234 e. The lowest BCUT2D eigenvalue weighted by molar-refractivity contribution is 0.130. The van der Waals surface area contributed by atoms with Crippen LogP contribution in [0.3, 0.4) is 0 Å². The lowest BCUT2D eigenvalue weighted by Crippen LogP contribution is -2.38. The lowest BCUT2D eigenvalue weighted by Gasteiger charge is -2.39. The Morgan fingerprint density at radius 1 is 1.42 bits per heavy atom. The molecule has 0 radical (unpaired) electrons. The standard InChI is InChI=1S/C18H26N4OS/c1-13(2)23-17-12-19-11-16(21-17)20-10-14-6-4-8-22(3)18(14)15-7-5-9-24-15/h5,7,9,11-14,18H,4,6,8,10H2,1-3H3,(H,20,21). The van der Waals surface area contributed by atoms with Gasteiger partial charge in [-0.3, -0.25) is 9.88 Å². The van der Waals surface area contributed by atoms with Gasteiger partial charge in [-0.15, -0.1) is 11.3 Å². The first-order valence-corrected chi connectivity index (χ1v) is 9.47. The van der Waals surface area contributed by atoms with Gasteiger partial charge in [-0.1, -0.05) is 6.07 Å². The number of thiophene rings is 1. The van der Waals surface area contributed by atoms with Crippen LogP contribution in [-0.2, 0) is 0 Å². The minimum atomic E-state index is 0.102. The molecule has 6 heteroatoms. The van der Waals surface area contributed by atoms with Crippen LogP contribution in [0.4, 0.5) is 5.82 Å². The molecule has 5 nitrogen and oxygen atoms in total. The first-order valence-electron chi connectivity index (χ1n) is 8.59. The van der Waals surface area contributed by atoms with Crippen molar-refractivity contribution < 1.29 is 4.74 Å². The molecule has 0 spiro atoms. The summed E-state index contributed by atoms with van der Waals surface area (Å²) in [5.74, 6) is 1.93. The number of piperidine rings is 1. The number of hydrogen-bond donors (Lipinski definition) is 1. The molecule has 0 saturated carbocycles. The number of likely N-dealkylation sites (tertiary alicyclic amines) is 1. The molecule has 130 valence electrons. The Bertz CT molecular complexity index is 632. The van der Waals surface area contributed by atoms with Crippen molar-refractivity contribution in [1.82, 2.24) is 14.9 Å². The van der Waals surface area contributed by atoms with E-state index in [0.29, 0.717) is 17.8 Å². The van der Waals surface area contributed by atoms with Gasteiger partial charge in [0.15, 0.2) is 0 Å². The van der Waals surface area contributed by atoms with Crippen LogP contribution >= 0.6 is 11.3 Å². The second-order valence-corrected chi connectivity index (χ2v) is 7.61. The molecular weight excluding hydrogens is 320 g/mol. The van der Waals surface area contributed by atoms with E-state index in [0.717, 1.165) is 18.9 Å². The summed E-state index contributed by atoms with van der Waals surface area (Å²) in [5, 5.41) is 5.63. The Balaban J connectivity index is 1.66. The number of aromatic nitrogens is 2. The highest BCUT2D eigenvalue weighted by molar-refractivity contribution is 7.10. The molecule has 3 rings (SSSR count). The summed E-state index contributed by atoms with van der Waals surface area (Å²) in [6.07, 6.45) is 6.00. The normalized spacial score (nSPS) is 21.8. The van der Waals surface area contributed by atoms with Gasteiger partial charge in [0.1, 0.15) is 5.82 Å². The molecule has 0 aliphatic carbocycles. The number of nitrogens with one attached hydrogen (secondary N) is 1. The number of hydrogen-bond acceptors (Lipinski definition) is 6. The zero-order valence-corrected chi connectivity index (χ0v) is 15.4. The van der Waals surface area contributed by atoms with E-state index in [1.807, 2.05) is 25.2 Å². The van der Waals surface area contributed by atoms with Gasteiger partial charge in [-0.2, -0.15) is 4.98 Å². The molecule has 3 heterocycles. The molecule has 0 bridgehead atoms. The van der Waals surface area contributed by atoms with E-state index in [-0.39, 0.29) is 6.10 Å². The quantitative estimate of drug-likeness (QED) is 0.862. The minimum absolute atomic E-state index is 0.102. The third kappa shape index (κ3) is 4.24. The van der Waals surface area contributed by atoms with Gasteiger partial charge in [0.2, 0.25) is 5.88 Å². The van der Waals surface area contributed by atoms with E-state index >= 15 is 0 Å². The highest BCUT2D eigenvalue weighted by atomic mass is 32.1. The van der Waals surface area contributed by atoms with E-state index in [1.165, 1.54) is 17.7 Å². The van der Waals surface area contributed by atoms with Crippen molar-refractivity contribution in [1.29, 1.82) is 0 Å². The molecule has 1 saturated heterocycles. The molecule has 2 atom stereocenters. The van der Waals surface area contributed by atoms with Gasteiger partial charge >= 0.3 is 0 Å². The monoisotopic (exact) mass is 346 g/mol. The summed E-state index contributed by atoms with van der Waals surface area (Å²) in [5.41, 5.74) is 0. The highest BCUT2D eigenvalue weighted by Crippen LogP contribution is 2.37.